The van der Waals surface area contributed by atoms with E-state index in [-0.39, 0.29) is 5.91 Å². The lowest BCUT2D eigenvalue weighted by molar-refractivity contribution is 0.0955. The number of amides is 1. The van der Waals surface area contributed by atoms with E-state index in [1.807, 2.05) is 60.0 Å². The average molecular weight is 709 g/mol. The van der Waals surface area contributed by atoms with Gasteiger partial charge in [-0.15, -0.1) is 11.3 Å². The van der Waals surface area contributed by atoms with Gasteiger partial charge < -0.3 is 14.8 Å². The number of nitrogens with one attached hydrogen (secondary N) is 2. The number of anilines is 2. The molecule has 0 saturated carbocycles. The van der Waals surface area contributed by atoms with Crippen molar-refractivity contribution >= 4 is 68.5 Å². The zero-order chi connectivity index (χ0) is 29.5. The highest BCUT2D eigenvalue weighted by Gasteiger charge is 2.12. The SMILES string of the molecule is COc1cc(/C=N\NC(=O)c2ccc(-c3csc(Nc4ccc(C)cc4)n3)cc2)cc(I)c1OCc1cccc(Cl)c1. The number of aryl methyl sites for hydroxylation is 1. The van der Waals surface area contributed by atoms with E-state index in [0.717, 1.165) is 36.8 Å². The Morgan fingerprint density at radius 2 is 1.86 bits per heavy atom. The number of nitrogens with zero attached hydrogens (tertiary/aromatic N) is 2. The van der Waals surface area contributed by atoms with Crippen LogP contribution in [0.25, 0.3) is 11.3 Å². The Hall–Kier alpha value is -3.93. The van der Waals surface area contributed by atoms with Crippen LogP contribution < -0.4 is 20.2 Å². The monoisotopic (exact) mass is 708 g/mol. The molecule has 0 atom stereocenters. The molecule has 4 aromatic carbocycles. The van der Waals surface area contributed by atoms with Gasteiger partial charge in [0, 0.05) is 27.2 Å². The van der Waals surface area contributed by atoms with Gasteiger partial charge >= 0.3 is 0 Å². The quantitative estimate of drug-likeness (QED) is 0.0864. The van der Waals surface area contributed by atoms with Crippen LogP contribution in [0.3, 0.4) is 0 Å². The molecule has 2 N–H and O–H groups in total. The van der Waals surface area contributed by atoms with Crippen molar-refractivity contribution in [2.24, 2.45) is 5.10 Å². The Morgan fingerprint density at radius 1 is 1.07 bits per heavy atom. The molecule has 5 aromatic rings. The van der Waals surface area contributed by atoms with E-state index in [2.05, 4.69) is 62.5 Å². The number of thiazole rings is 1. The van der Waals surface area contributed by atoms with E-state index < -0.39 is 0 Å². The van der Waals surface area contributed by atoms with E-state index >= 15 is 0 Å². The first kappa shape index (κ1) is 29.6. The molecule has 5 rings (SSSR count). The number of methoxy groups -OCH3 is 1. The molecule has 1 aromatic heterocycles. The molecule has 0 radical (unpaired) electrons. The van der Waals surface area contributed by atoms with Gasteiger partial charge in [0.25, 0.3) is 5.91 Å². The Bertz CT molecular complexity index is 1720. The fourth-order valence-corrected chi connectivity index (χ4v) is 5.72. The minimum atomic E-state index is -0.319. The molecule has 0 aliphatic carbocycles. The number of rotatable bonds is 10. The van der Waals surface area contributed by atoms with Crippen molar-refractivity contribution < 1.29 is 14.3 Å². The molecule has 7 nitrogen and oxygen atoms in total. The summed E-state index contributed by atoms with van der Waals surface area (Å²) in [7, 11) is 1.58. The van der Waals surface area contributed by atoms with Crippen molar-refractivity contribution in [3.05, 3.63) is 121 Å². The average Bonchev–Trinajstić information content (AvgIpc) is 3.46. The number of halogens is 2. The summed E-state index contributed by atoms with van der Waals surface area (Å²) in [5.41, 5.74) is 8.72. The Balaban J connectivity index is 1.18. The van der Waals surface area contributed by atoms with Gasteiger partial charge in [-0.05, 0) is 89.2 Å². The van der Waals surface area contributed by atoms with Crippen molar-refractivity contribution in [3.63, 3.8) is 0 Å². The molecule has 0 saturated heterocycles. The predicted molar refractivity (Wildman–Crippen MR) is 179 cm³/mol. The second-order valence-electron chi connectivity index (χ2n) is 9.26. The summed E-state index contributed by atoms with van der Waals surface area (Å²) >= 11 is 9.79. The van der Waals surface area contributed by atoms with Crippen LogP contribution in [-0.2, 0) is 6.61 Å². The molecule has 0 unspecified atom stereocenters. The third kappa shape index (κ3) is 7.67. The van der Waals surface area contributed by atoms with Gasteiger partial charge in [0.2, 0.25) is 0 Å². The van der Waals surface area contributed by atoms with Gasteiger partial charge in [0.05, 0.1) is 22.6 Å². The minimum absolute atomic E-state index is 0.319. The molecular weight excluding hydrogens is 683 g/mol. The Morgan fingerprint density at radius 3 is 2.60 bits per heavy atom. The molecular formula is C32H26ClIN4O3S. The largest absolute Gasteiger partial charge is 0.493 e. The standard InChI is InChI=1S/C32H26ClIN4O3S/c1-20-6-12-26(13-7-20)36-32-37-28(19-42-32)23-8-10-24(11-9-23)31(39)38-35-17-22-15-27(34)30(29(16-22)40-2)41-18-21-4-3-5-25(33)14-21/h3-17,19H,18H2,1-2H3,(H,36,37)(H,38,39)/b35-17-. The summed E-state index contributed by atoms with van der Waals surface area (Å²) in [4.78, 5) is 17.4. The summed E-state index contributed by atoms with van der Waals surface area (Å²) < 4.78 is 12.4. The van der Waals surface area contributed by atoms with Crippen LogP contribution in [-0.4, -0.2) is 24.2 Å². The van der Waals surface area contributed by atoms with E-state index in [4.69, 9.17) is 21.1 Å². The lowest BCUT2D eigenvalue weighted by atomic mass is 10.1. The topological polar surface area (TPSA) is 84.8 Å². The highest BCUT2D eigenvalue weighted by atomic mass is 127. The van der Waals surface area contributed by atoms with Crippen LogP contribution in [0.15, 0.2) is 95.4 Å². The number of aromatic nitrogens is 1. The van der Waals surface area contributed by atoms with Crippen molar-refractivity contribution in [2.75, 3.05) is 12.4 Å². The number of carbonyl (C=O) groups excluding carboxylic acids is 1. The summed E-state index contributed by atoms with van der Waals surface area (Å²) in [5.74, 6) is 0.866. The van der Waals surface area contributed by atoms with Crippen LogP contribution >= 0.6 is 45.5 Å². The van der Waals surface area contributed by atoms with Crippen LogP contribution in [0, 0.1) is 10.5 Å². The molecule has 0 aliphatic heterocycles. The second-order valence-corrected chi connectivity index (χ2v) is 11.7. The van der Waals surface area contributed by atoms with Gasteiger partial charge in [-0.25, -0.2) is 10.4 Å². The van der Waals surface area contributed by atoms with Crippen LogP contribution in [0.1, 0.15) is 27.0 Å². The molecule has 1 heterocycles. The highest BCUT2D eigenvalue weighted by Crippen LogP contribution is 2.34. The van der Waals surface area contributed by atoms with Gasteiger partial charge in [-0.2, -0.15) is 5.10 Å². The third-order valence-corrected chi connectivity index (χ3v) is 7.95. The molecule has 212 valence electrons. The third-order valence-electron chi connectivity index (χ3n) is 6.15. The number of hydrogen-bond acceptors (Lipinski definition) is 7. The van der Waals surface area contributed by atoms with Crippen molar-refractivity contribution in [2.45, 2.75) is 13.5 Å². The predicted octanol–water partition coefficient (Wildman–Crippen LogP) is 8.47. The summed E-state index contributed by atoms with van der Waals surface area (Å²) in [6.07, 6.45) is 1.57. The van der Waals surface area contributed by atoms with Crippen molar-refractivity contribution in [1.29, 1.82) is 0 Å². The zero-order valence-electron chi connectivity index (χ0n) is 22.7. The van der Waals surface area contributed by atoms with E-state index in [0.29, 0.717) is 28.7 Å². The van der Waals surface area contributed by atoms with Crippen LogP contribution in [0.4, 0.5) is 10.8 Å². The maximum atomic E-state index is 12.7. The molecule has 0 bridgehead atoms. The smallest absolute Gasteiger partial charge is 0.271 e. The molecule has 0 fully saturated rings. The fourth-order valence-electron chi connectivity index (χ4n) is 3.98. The van der Waals surface area contributed by atoms with Crippen LogP contribution in [0.5, 0.6) is 11.5 Å². The first-order valence-electron chi connectivity index (χ1n) is 12.9. The summed E-state index contributed by atoms with van der Waals surface area (Å²) in [5, 5.41) is 10.9. The summed E-state index contributed by atoms with van der Waals surface area (Å²) in [6, 6.07) is 26.6. The first-order valence-corrected chi connectivity index (χ1v) is 15.2. The Kier molecular flexibility index (Phi) is 9.73. The lowest BCUT2D eigenvalue weighted by Crippen LogP contribution is -2.17. The molecule has 0 spiro atoms. The molecule has 1 amide bonds. The van der Waals surface area contributed by atoms with Crippen molar-refractivity contribution in [3.8, 4) is 22.8 Å². The van der Waals surface area contributed by atoms with Gasteiger partial charge in [-0.1, -0.05) is 53.6 Å². The number of ether oxygens (including phenoxy) is 2. The zero-order valence-corrected chi connectivity index (χ0v) is 26.5. The highest BCUT2D eigenvalue weighted by molar-refractivity contribution is 14.1. The Labute approximate surface area is 266 Å². The normalized spacial score (nSPS) is 11.0. The molecule has 42 heavy (non-hydrogen) atoms. The molecule has 0 aliphatic rings. The van der Waals surface area contributed by atoms with Gasteiger partial charge in [0.1, 0.15) is 6.61 Å². The van der Waals surface area contributed by atoms with Gasteiger partial charge in [-0.3, -0.25) is 4.79 Å². The van der Waals surface area contributed by atoms with E-state index in [1.54, 1.807) is 31.5 Å². The first-order chi connectivity index (χ1) is 20.4. The van der Waals surface area contributed by atoms with Crippen molar-refractivity contribution in [1.82, 2.24) is 10.4 Å². The lowest BCUT2D eigenvalue weighted by Gasteiger charge is -2.13. The number of benzene rings is 4. The number of hydrogen-bond donors (Lipinski definition) is 2. The fraction of sp³-hybridized carbons (Fsp3) is 0.0938. The molecule has 10 heteroatoms. The second kappa shape index (κ2) is 13.8. The number of carbonyl (C=O) groups is 1. The van der Waals surface area contributed by atoms with Crippen LogP contribution in [0.2, 0.25) is 5.02 Å². The summed E-state index contributed by atoms with van der Waals surface area (Å²) in [6.45, 7) is 2.41. The maximum Gasteiger partial charge on any atom is 0.271 e. The van der Waals surface area contributed by atoms with E-state index in [9.17, 15) is 4.79 Å². The van der Waals surface area contributed by atoms with Gasteiger partial charge in [0.15, 0.2) is 16.6 Å². The minimum Gasteiger partial charge on any atom is -0.493 e. The number of hydrazone groups is 1. The maximum absolute atomic E-state index is 12.7. The van der Waals surface area contributed by atoms with E-state index in [1.165, 1.54) is 16.9 Å².